The van der Waals surface area contributed by atoms with Crippen LogP contribution in [-0.4, -0.2) is 62.8 Å². The molecule has 0 aromatic heterocycles. The number of piperidine rings is 1. The first-order valence-electron chi connectivity index (χ1n) is 11.3. The molecule has 1 N–H and O–H groups in total. The minimum Gasteiger partial charge on any atom is -0.469 e. The summed E-state index contributed by atoms with van der Waals surface area (Å²) >= 11 is 0. The average Bonchev–Trinajstić information content (AvgIpc) is 2.72. The van der Waals surface area contributed by atoms with E-state index in [1.54, 1.807) is 6.92 Å². The molecule has 0 aromatic carbocycles. The molecular formula is C23H33NO9. The third-order valence-electron chi connectivity index (χ3n) is 6.87. The zero-order valence-electron chi connectivity index (χ0n) is 19.5. The lowest BCUT2D eigenvalue weighted by Crippen LogP contribution is -2.60. The maximum Gasteiger partial charge on any atom is 0.325 e. The van der Waals surface area contributed by atoms with Crippen LogP contribution >= 0.6 is 0 Å². The Morgan fingerprint density at radius 3 is 2.09 bits per heavy atom. The van der Waals surface area contributed by atoms with Gasteiger partial charge in [-0.3, -0.25) is 28.8 Å². The first kappa shape index (κ1) is 26.5. The van der Waals surface area contributed by atoms with Gasteiger partial charge in [0.1, 0.15) is 12.2 Å². The van der Waals surface area contributed by atoms with Gasteiger partial charge in [-0.05, 0) is 39.0 Å². The van der Waals surface area contributed by atoms with E-state index in [-0.39, 0.29) is 30.4 Å². The first-order chi connectivity index (χ1) is 15.6. The maximum atomic E-state index is 12.0. The van der Waals surface area contributed by atoms with Gasteiger partial charge in [0.2, 0.25) is 5.91 Å². The Bertz CT molecular complexity index is 788. The highest BCUT2D eigenvalue weighted by Gasteiger charge is 2.54. The Morgan fingerprint density at radius 1 is 1.00 bits per heavy atom. The molecule has 10 nitrogen and oxygen atoms in total. The molecule has 2 saturated carbocycles. The highest BCUT2D eigenvalue weighted by molar-refractivity contribution is 6.19. The fourth-order valence-corrected chi connectivity index (χ4v) is 4.37. The van der Waals surface area contributed by atoms with Gasteiger partial charge >= 0.3 is 17.9 Å². The van der Waals surface area contributed by atoms with Gasteiger partial charge in [-0.2, -0.15) is 0 Å². The van der Waals surface area contributed by atoms with Gasteiger partial charge in [-0.25, -0.2) is 0 Å². The van der Waals surface area contributed by atoms with Gasteiger partial charge in [0.25, 0.3) is 0 Å². The fourth-order valence-electron chi connectivity index (χ4n) is 4.37. The van der Waals surface area contributed by atoms with Crippen molar-refractivity contribution in [3.05, 3.63) is 0 Å². The third-order valence-corrected chi connectivity index (χ3v) is 6.87. The Morgan fingerprint density at radius 2 is 1.64 bits per heavy atom. The Labute approximate surface area is 193 Å². The molecule has 33 heavy (non-hydrogen) atoms. The van der Waals surface area contributed by atoms with Crippen molar-refractivity contribution < 1.29 is 43.0 Å². The number of hydrogen-bond acceptors (Lipinski definition) is 9. The number of hydrogen-bond donors (Lipinski definition) is 1. The van der Waals surface area contributed by atoms with Crippen LogP contribution in [0.5, 0.6) is 0 Å². The minimum atomic E-state index is -1.25. The number of ether oxygens (including phenoxy) is 3. The van der Waals surface area contributed by atoms with E-state index in [1.807, 2.05) is 0 Å². The van der Waals surface area contributed by atoms with Crippen LogP contribution in [0.15, 0.2) is 0 Å². The summed E-state index contributed by atoms with van der Waals surface area (Å²) < 4.78 is 13.9. The van der Waals surface area contributed by atoms with Crippen molar-refractivity contribution in [3.8, 4) is 0 Å². The highest BCUT2D eigenvalue weighted by atomic mass is 16.5. The van der Waals surface area contributed by atoms with Crippen LogP contribution in [0, 0.1) is 16.7 Å². The number of esters is 3. The Balaban J connectivity index is 0.000000237. The average molecular weight is 468 g/mol. The molecule has 2 aliphatic carbocycles. The lowest BCUT2D eigenvalue weighted by molar-refractivity contribution is -0.163. The number of Topliss-reactive ketones (excluding diaryl/α,β-unsaturated/α-hetero) is 2. The van der Waals surface area contributed by atoms with Gasteiger partial charge in [0, 0.05) is 18.4 Å². The fraction of sp³-hybridized carbons (Fsp3) is 0.739. The number of amides is 1. The van der Waals surface area contributed by atoms with Crippen LogP contribution < -0.4 is 5.32 Å². The van der Waals surface area contributed by atoms with Crippen LogP contribution in [0.2, 0.25) is 0 Å². The molecule has 3 rings (SSSR count). The third kappa shape index (κ3) is 5.97. The molecule has 0 aromatic rings. The van der Waals surface area contributed by atoms with Gasteiger partial charge in [-0.15, -0.1) is 0 Å². The van der Waals surface area contributed by atoms with E-state index >= 15 is 0 Å². The predicted octanol–water partition coefficient (Wildman–Crippen LogP) is 1.28. The smallest absolute Gasteiger partial charge is 0.325 e. The molecule has 1 amide bonds. The highest BCUT2D eigenvalue weighted by Crippen LogP contribution is 2.46. The van der Waals surface area contributed by atoms with Gasteiger partial charge < -0.3 is 19.5 Å². The number of carbonyl (C=O) groups excluding carboxylic acids is 6. The summed E-state index contributed by atoms with van der Waals surface area (Å²) in [6.45, 7) is 2.50. The SMILES string of the molecule is CCOC(=O)C1(CCC(=O)CC(=O)OC)CCC1.COC(=O)C1C(=O)NCC2(CCC2)C1=O. The second kappa shape index (κ2) is 11.4. The number of methoxy groups -OCH3 is 2. The number of rotatable bonds is 8. The zero-order valence-corrected chi connectivity index (χ0v) is 19.5. The molecule has 1 saturated heterocycles. The van der Waals surface area contributed by atoms with E-state index in [2.05, 4.69) is 14.8 Å². The maximum absolute atomic E-state index is 12.0. The van der Waals surface area contributed by atoms with E-state index in [1.165, 1.54) is 14.2 Å². The molecule has 1 heterocycles. The van der Waals surface area contributed by atoms with E-state index in [4.69, 9.17) is 4.74 Å². The zero-order chi connectivity index (χ0) is 24.6. The molecule has 10 heteroatoms. The van der Waals surface area contributed by atoms with Crippen molar-refractivity contribution in [3.63, 3.8) is 0 Å². The van der Waals surface area contributed by atoms with Gasteiger partial charge in [-0.1, -0.05) is 12.8 Å². The first-order valence-corrected chi connectivity index (χ1v) is 11.3. The standard InChI is InChI=1S/C13H20O5.C10H13NO4/c1-3-18-12(16)13(6-4-7-13)8-5-10(14)9-11(15)17-2;1-15-9(14)6-7(12)10(3-2-4-10)5-11-8(6)13/h3-9H2,1-2H3;6H,2-5H2,1H3,(H,11,13). The van der Waals surface area contributed by atoms with Crippen LogP contribution in [-0.2, 0) is 43.0 Å². The van der Waals surface area contributed by atoms with Crippen molar-refractivity contribution in [2.75, 3.05) is 27.4 Å². The predicted molar refractivity (Wildman–Crippen MR) is 114 cm³/mol. The van der Waals surface area contributed by atoms with E-state index in [9.17, 15) is 28.8 Å². The molecule has 3 aliphatic rings. The minimum absolute atomic E-state index is 0.183. The van der Waals surface area contributed by atoms with Crippen LogP contribution in [0.3, 0.4) is 0 Å². The van der Waals surface area contributed by atoms with Crippen molar-refractivity contribution in [1.82, 2.24) is 5.32 Å². The Hall–Kier alpha value is -2.78. The number of carbonyl (C=O) groups is 6. The molecule has 0 bridgehead atoms. The molecule has 1 spiro atoms. The van der Waals surface area contributed by atoms with E-state index in [0.29, 0.717) is 19.6 Å². The van der Waals surface area contributed by atoms with Crippen molar-refractivity contribution in [2.24, 2.45) is 16.7 Å². The van der Waals surface area contributed by atoms with Crippen LogP contribution in [0.1, 0.15) is 64.7 Å². The summed E-state index contributed by atoms with van der Waals surface area (Å²) in [5, 5.41) is 2.61. The largest absolute Gasteiger partial charge is 0.469 e. The molecule has 3 fully saturated rings. The summed E-state index contributed by atoms with van der Waals surface area (Å²) in [5.74, 6) is -3.69. The number of nitrogens with one attached hydrogen (secondary N) is 1. The van der Waals surface area contributed by atoms with Crippen molar-refractivity contribution in [2.45, 2.75) is 64.7 Å². The topological polar surface area (TPSA) is 142 Å². The van der Waals surface area contributed by atoms with Gasteiger partial charge in [0.05, 0.1) is 26.2 Å². The monoisotopic (exact) mass is 467 g/mol. The van der Waals surface area contributed by atoms with Crippen LogP contribution in [0.4, 0.5) is 0 Å². The lowest BCUT2D eigenvalue weighted by atomic mass is 9.61. The summed E-state index contributed by atoms with van der Waals surface area (Å²) in [7, 11) is 2.44. The second-order valence-corrected chi connectivity index (χ2v) is 8.82. The molecule has 1 unspecified atom stereocenters. The normalized spacial score (nSPS) is 21.8. The molecular weight excluding hydrogens is 434 g/mol. The van der Waals surface area contributed by atoms with Crippen molar-refractivity contribution >= 4 is 35.4 Å². The lowest BCUT2D eigenvalue weighted by Gasteiger charge is -2.44. The van der Waals surface area contributed by atoms with Crippen LogP contribution in [0.25, 0.3) is 0 Å². The molecule has 1 atom stereocenters. The molecule has 184 valence electrons. The van der Waals surface area contributed by atoms with Crippen molar-refractivity contribution in [1.29, 1.82) is 0 Å². The molecule has 0 radical (unpaired) electrons. The Kier molecular flexibility index (Phi) is 9.13. The summed E-state index contributed by atoms with van der Waals surface area (Å²) in [6, 6.07) is 0. The quantitative estimate of drug-likeness (QED) is 0.317. The number of ketones is 2. The second-order valence-electron chi connectivity index (χ2n) is 8.82. The summed E-state index contributed by atoms with van der Waals surface area (Å²) in [4.78, 5) is 69.0. The molecule has 1 aliphatic heterocycles. The summed E-state index contributed by atoms with van der Waals surface area (Å²) in [5.41, 5.74) is -0.964. The van der Waals surface area contributed by atoms with E-state index in [0.717, 1.165) is 38.5 Å². The summed E-state index contributed by atoms with van der Waals surface area (Å²) in [6.07, 6.45) is 5.54. The van der Waals surface area contributed by atoms with Gasteiger partial charge in [0.15, 0.2) is 11.7 Å². The van der Waals surface area contributed by atoms with E-state index < -0.39 is 34.6 Å².